The van der Waals surface area contributed by atoms with Crippen LogP contribution in [-0.4, -0.2) is 28.4 Å². The molecule has 6 aromatic carbocycles. The van der Waals surface area contributed by atoms with Crippen molar-refractivity contribution in [1.82, 2.24) is 0 Å². The lowest BCUT2D eigenvalue weighted by molar-refractivity contribution is 0.382. The molecule has 6 rings (SSSR count). The van der Waals surface area contributed by atoms with Crippen molar-refractivity contribution in [3.63, 3.8) is 0 Å². The minimum atomic E-state index is -2.01. The van der Waals surface area contributed by atoms with Gasteiger partial charge in [-0.1, -0.05) is 36.4 Å². The third-order valence-corrected chi connectivity index (χ3v) is 9.50. The molecule has 0 aliphatic rings. The molecule has 0 heterocycles. The third-order valence-electron chi connectivity index (χ3n) is 7.37. The molecule has 0 aliphatic heterocycles. The SMILES string of the molecule is COc1ccc(OP(Oc2ccc(OC)cc2)Oc2ccccc2-c2ccccc2OP(Oc2ccc(OC)cc2)Oc2ccc(OC)cc2)cc1. The van der Waals surface area contributed by atoms with Gasteiger partial charge < -0.3 is 46.1 Å². The number of hydrogen-bond donors (Lipinski definition) is 0. The minimum Gasteiger partial charge on any atom is -0.497 e. The number of methoxy groups -OCH3 is 4. The van der Waals surface area contributed by atoms with Crippen LogP contribution in [0.25, 0.3) is 11.1 Å². The summed E-state index contributed by atoms with van der Waals surface area (Å²) in [7, 11) is 2.40. The molecule has 0 unspecified atom stereocenters. The quantitative estimate of drug-likeness (QED) is 0.0842. The molecule has 0 amide bonds. The molecule has 10 nitrogen and oxygen atoms in total. The van der Waals surface area contributed by atoms with Crippen LogP contribution in [0.15, 0.2) is 146 Å². The largest absolute Gasteiger partial charge is 0.530 e. The van der Waals surface area contributed by atoms with E-state index in [0.29, 0.717) is 57.5 Å². The molecular formula is C40H36O10P2. The highest BCUT2D eigenvalue weighted by Crippen LogP contribution is 2.49. The average Bonchev–Trinajstić information content (AvgIpc) is 3.19. The summed E-state index contributed by atoms with van der Waals surface area (Å²) >= 11 is 0. The summed E-state index contributed by atoms with van der Waals surface area (Å²) in [6.45, 7) is 0. The zero-order valence-corrected chi connectivity index (χ0v) is 30.6. The second-order valence-corrected chi connectivity index (χ2v) is 12.7. The van der Waals surface area contributed by atoms with E-state index in [-0.39, 0.29) is 0 Å². The lowest BCUT2D eigenvalue weighted by atomic mass is 10.0. The van der Waals surface area contributed by atoms with Crippen LogP contribution in [0, 0.1) is 0 Å². The Hall–Kier alpha value is -5.82. The fourth-order valence-corrected chi connectivity index (χ4v) is 6.74. The van der Waals surface area contributed by atoms with Gasteiger partial charge in [-0.25, -0.2) is 0 Å². The molecule has 0 bridgehead atoms. The number of rotatable bonds is 17. The second kappa shape index (κ2) is 17.9. The van der Waals surface area contributed by atoms with Crippen molar-refractivity contribution in [2.24, 2.45) is 0 Å². The van der Waals surface area contributed by atoms with Gasteiger partial charge in [0, 0.05) is 11.1 Å². The number of benzene rings is 6. The van der Waals surface area contributed by atoms with Crippen molar-refractivity contribution in [2.75, 3.05) is 28.4 Å². The monoisotopic (exact) mass is 738 g/mol. The molecule has 0 radical (unpaired) electrons. The molecule has 0 N–H and O–H groups in total. The van der Waals surface area contributed by atoms with Crippen LogP contribution in [0.1, 0.15) is 0 Å². The third kappa shape index (κ3) is 9.69. The zero-order chi connectivity index (χ0) is 36.1. The molecule has 266 valence electrons. The van der Waals surface area contributed by atoms with Crippen LogP contribution in [-0.2, 0) is 0 Å². The second-order valence-electron chi connectivity index (χ2n) is 10.7. The van der Waals surface area contributed by atoms with Crippen molar-refractivity contribution in [2.45, 2.75) is 0 Å². The molecule has 0 saturated carbocycles. The lowest BCUT2D eigenvalue weighted by Crippen LogP contribution is -2.04. The van der Waals surface area contributed by atoms with Crippen molar-refractivity contribution >= 4 is 17.2 Å². The fourth-order valence-electron chi connectivity index (χ4n) is 4.70. The van der Waals surface area contributed by atoms with E-state index >= 15 is 0 Å². The maximum atomic E-state index is 6.54. The number of para-hydroxylation sites is 2. The molecule has 0 aliphatic carbocycles. The van der Waals surface area contributed by atoms with Crippen molar-refractivity contribution in [1.29, 1.82) is 0 Å². The highest BCUT2D eigenvalue weighted by Gasteiger charge is 2.26. The van der Waals surface area contributed by atoms with Gasteiger partial charge in [0.05, 0.1) is 28.4 Å². The van der Waals surface area contributed by atoms with Crippen molar-refractivity contribution in [3.8, 4) is 68.6 Å². The van der Waals surface area contributed by atoms with Crippen molar-refractivity contribution in [3.05, 3.63) is 146 Å². The first-order chi connectivity index (χ1) is 25.5. The summed E-state index contributed by atoms with van der Waals surface area (Å²) in [4.78, 5) is 0. The molecule has 0 aromatic heterocycles. The summed E-state index contributed by atoms with van der Waals surface area (Å²) in [5, 5.41) is 0. The summed E-state index contributed by atoms with van der Waals surface area (Å²) in [5.74, 6) is 5.95. The van der Waals surface area contributed by atoms with Gasteiger partial charge in [-0.05, 0) is 109 Å². The first-order valence-electron chi connectivity index (χ1n) is 16.0. The Labute approximate surface area is 305 Å². The van der Waals surface area contributed by atoms with E-state index in [1.165, 1.54) is 0 Å². The Bertz CT molecular complexity index is 1750. The topological polar surface area (TPSA) is 92.3 Å². The van der Waals surface area contributed by atoms with E-state index in [1.54, 1.807) is 126 Å². The predicted molar refractivity (Wildman–Crippen MR) is 201 cm³/mol. The molecule has 12 heteroatoms. The van der Waals surface area contributed by atoms with Crippen LogP contribution in [0.4, 0.5) is 0 Å². The van der Waals surface area contributed by atoms with Gasteiger partial charge >= 0.3 is 17.2 Å². The standard InChI is InChI=1S/C40H36O10P2/c1-41-29-13-21-33(22-14-29)45-51(46-34-23-15-30(42-2)16-24-34)49-39-11-7-5-9-37(39)38-10-6-8-12-40(38)50-52(47-35-25-17-31(43-3)18-26-35)48-36-27-19-32(44-4)20-28-36/h5-28H,1-4H3. The summed E-state index contributed by atoms with van der Waals surface area (Å²) in [5.41, 5.74) is 1.46. The Balaban J connectivity index is 1.30. The van der Waals surface area contributed by atoms with E-state index in [9.17, 15) is 0 Å². The van der Waals surface area contributed by atoms with Gasteiger partial charge in [-0.15, -0.1) is 0 Å². The van der Waals surface area contributed by atoms with Crippen LogP contribution >= 0.6 is 17.2 Å². The Morgan fingerprint density at radius 1 is 0.269 bits per heavy atom. The summed E-state index contributed by atoms with van der Waals surface area (Å²) in [6, 6.07) is 43.9. The smallest absolute Gasteiger partial charge is 0.497 e. The Kier molecular flexibility index (Phi) is 12.4. The van der Waals surface area contributed by atoms with E-state index in [1.807, 2.05) is 48.5 Å². The maximum absolute atomic E-state index is 6.54. The first-order valence-corrected chi connectivity index (χ1v) is 18.2. The van der Waals surface area contributed by atoms with Gasteiger partial charge in [0.15, 0.2) is 0 Å². The van der Waals surface area contributed by atoms with Gasteiger partial charge in [-0.2, -0.15) is 0 Å². The fraction of sp³-hybridized carbons (Fsp3) is 0.100. The maximum Gasteiger partial charge on any atom is 0.530 e. The molecule has 6 aromatic rings. The van der Waals surface area contributed by atoms with E-state index in [0.717, 1.165) is 11.1 Å². The zero-order valence-electron chi connectivity index (χ0n) is 28.8. The lowest BCUT2D eigenvalue weighted by Gasteiger charge is -2.22. The van der Waals surface area contributed by atoms with E-state index in [2.05, 4.69) is 0 Å². The molecule has 0 fully saturated rings. The normalized spacial score (nSPS) is 10.7. The number of ether oxygens (including phenoxy) is 4. The Morgan fingerprint density at radius 2 is 0.500 bits per heavy atom. The molecule has 0 saturated heterocycles. The van der Waals surface area contributed by atoms with Crippen LogP contribution in [0.5, 0.6) is 57.5 Å². The highest BCUT2D eigenvalue weighted by atomic mass is 31.2. The van der Waals surface area contributed by atoms with Gasteiger partial charge in [0.2, 0.25) is 0 Å². The summed E-state index contributed by atoms with van der Waals surface area (Å²) < 4.78 is 59.4. The van der Waals surface area contributed by atoms with Gasteiger partial charge in [-0.3, -0.25) is 0 Å². The molecule has 52 heavy (non-hydrogen) atoms. The molecular weight excluding hydrogens is 702 g/mol. The van der Waals surface area contributed by atoms with Crippen LogP contribution in [0.2, 0.25) is 0 Å². The number of hydrogen-bond acceptors (Lipinski definition) is 10. The summed E-state index contributed by atoms with van der Waals surface area (Å²) in [6.07, 6.45) is 0. The van der Waals surface area contributed by atoms with Crippen LogP contribution in [0.3, 0.4) is 0 Å². The molecule has 0 atom stereocenters. The van der Waals surface area contributed by atoms with Gasteiger partial charge in [0.1, 0.15) is 57.5 Å². The molecule has 0 spiro atoms. The highest BCUT2D eigenvalue weighted by molar-refractivity contribution is 7.43. The average molecular weight is 739 g/mol. The first kappa shape index (κ1) is 36.0. The van der Waals surface area contributed by atoms with Crippen molar-refractivity contribution < 1.29 is 46.1 Å². The van der Waals surface area contributed by atoms with Crippen LogP contribution < -0.4 is 46.1 Å². The predicted octanol–water partition coefficient (Wildman–Crippen LogP) is 10.9. The van der Waals surface area contributed by atoms with E-state index < -0.39 is 17.2 Å². The minimum absolute atomic E-state index is 0.503. The van der Waals surface area contributed by atoms with E-state index in [4.69, 9.17) is 46.1 Å². The van der Waals surface area contributed by atoms with Gasteiger partial charge in [0.25, 0.3) is 0 Å². The Morgan fingerprint density at radius 3 is 0.750 bits per heavy atom.